The van der Waals surface area contributed by atoms with Crippen molar-refractivity contribution in [2.24, 2.45) is 5.41 Å². The van der Waals surface area contributed by atoms with E-state index in [1.54, 1.807) is 24.3 Å². The molecule has 1 fully saturated rings. The molecule has 0 aromatic heterocycles. The van der Waals surface area contributed by atoms with Crippen molar-refractivity contribution in [2.45, 2.75) is 38.7 Å². The highest BCUT2D eigenvalue weighted by Crippen LogP contribution is 2.44. The Morgan fingerprint density at radius 2 is 2.09 bits per heavy atom. The Labute approximate surface area is 132 Å². The van der Waals surface area contributed by atoms with Crippen LogP contribution in [-0.4, -0.2) is 30.0 Å². The van der Waals surface area contributed by atoms with Crippen molar-refractivity contribution >= 4 is 11.9 Å². The lowest BCUT2D eigenvalue weighted by Crippen LogP contribution is -2.42. The summed E-state index contributed by atoms with van der Waals surface area (Å²) in [4.78, 5) is 23.2. The van der Waals surface area contributed by atoms with Crippen LogP contribution >= 0.6 is 0 Å². The zero-order valence-electron chi connectivity index (χ0n) is 12.6. The molecule has 0 radical (unpaired) electrons. The van der Waals surface area contributed by atoms with E-state index in [1.807, 2.05) is 0 Å². The normalized spacial score (nSPS) is 15.8. The highest BCUT2D eigenvalue weighted by atomic mass is 19.3. The highest BCUT2D eigenvalue weighted by molar-refractivity contribution is 5.85. The van der Waals surface area contributed by atoms with Gasteiger partial charge in [-0.15, -0.1) is 0 Å². The molecule has 5 nitrogen and oxygen atoms in total. The van der Waals surface area contributed by atoms with Gasteiger partial charge in [-0.2, -0.15) is 0 Å². The minimum atomic E-state index is -2.55. The maximum Gasteiger partial charge on any atom is 0.310 e. The van der Waals surface area contributed by atoms with E-state index in [0.717, 1.165) is 6.42 Å². The summed E-state index contributed by atoms with van der Waals surface area (Å²) in [7, 11) is 0. The fourth-order valence-electron chi connectivity index (χ4n) is 2.54. The molecule has 23 heavy (non-hydrogen) atoms. The summed E-state index contributed by atoms with van der Waals surface area (Å²) in [5.74, 6) is -0.953. The van der Waals surface area contributed by atoms with Gasteiger partial charge in [-0.25, -0.2) is 8.78 Å². The quantitative estimate of drug-likeness (QED) is 0.769. The molecule has 0 spiro atoms. The lowest BCUT2D eigenvalue weighted by atomic mass is 9.66. The fraction of sp³-hybridized carbons (Fsp3) is 0.500. The molecular weight excluding hydrogens is 308 g/mol. The van der Waals surface area contributed by atoms with Gasteiger partial charge >= 0.3 is 5.97 Å². The molecule has 1 saturated carbocycles. The Bertz CT molecular complexity index is 573. The zero-order valence-corrected chi connectivity index (χ0v) is 12.6. The molecule has 0 heterocycles. The molecule has 1 aromatic carbocycles. The summed E-state index contributed by atoms with van der Waals surface area (Å²) in [6, 6.07) is 6.50. The predicted octanol–water partition coefficient (Wildman–Crippen LogP) is 2.59. The number of hydrogen-bond donors (Lipinski definition) is 2. The van der Waals surface area contributed by atoms with E-state index in [1.165, 1.54) is 0 Å². The second-order valence-electron chi connectivity index (χ2n) is 5.74. The van der Waals surface area contributed by atoms with Crippen molar-refractivity contribution in [3.63, 3.8) is 0 Å². The molecule has 7 heteroatoms. The summed E-state index contributed by atoms with van der Waals surface area (Å²) < 4.78 is 29.1. The number of nitrogens with one attached hydrogen (secondary N) is 1. The second-order valence-corrected chi connectivity index (χ2v) is 5.74. The fourth-order valence-corrected chi connectivity index (χ4v) is 2.54. The number of carboxylic acid groups (broad SMARTS) is 1. The number of rotatable bonds is 8. The highest BCUT2D eigenvalue weighted by Gasteiger charge is 2.45. The number of carboxylic acids is 1. The Balaban J connectivity index is 1.84. The van der Waals surface area contributed by atoms with Gasteiger partial charge in [-0.1, -0.05) is 18.6 Å². The van der Waals surface area contributed by atoms with Crippen molar-refractivity contribution in [1.82, 2.24) is 5.32 Å². The standard InChI is InChI=1S/C16H19F2NO4/c17-13(18)10-23-12-4-1-3-11(7-12)9-19-14(20)8-16(15(21)22)5-2-6-16/h1,3-4,7,13H,2,5-6,8-10H2,(H,19,20)(H,21,22). The Morgan fingerprint density at radius 1 is 1.35 bits per heavy atom. The van der Waals surface area contributed by atoms with E-state index >= 15 is 0 Å². The van der Waals surface area contributed by atoms with Crippen LogP contribution < -0.4 is 10.1 Å². The summed E-state index contributed by atoms with van der Waals surface area (Å²) >= 11 is 0. The molecule has 0 atom stereocenters. The smallest absolute Gasteiger partial charge is 0.310 e. The summed E-state index contributed by atoms with van der Waals surface area (Å²) in [6.07, 6.45) is -0.722. The number of benzene rings is 1. The van der Waals surface area contributed by atoms with Crippen molar-refractivity contribution in [3.8, 4) is 5.75 Å². The van der Waals surface area contributed by atoms with Gasteiger partial charge in [-0.3, -0.25) is 9.59 Å². The van der Waals surface area contributed by atoms with E-state index in [9.17, 15) is 23.5 Å². The molecule has 0 unspecified atom stereocenters. The van der Waals surface area contributed by atoms with Crippen molar-refractivity contribution < 1.29 is 28.2 Å². The largest absolute Gasteiger partial charge is 0.488 e. The van der Waals surface area contributed by atoms with Gasteiger partial charge in [0.1, 0.15) is 12.4 Å². The predicted molar refractivity (Wildman–Crippen MR) is 78.3 cm³/mol. The number of carbonyl (C=O) groups excluding carboxylic acids is 1. The number of alkyl halides is 2. The van der Waals surface area contributed by atoms with Crippen molar-refractivity contribution in [3.05, 3.63) is 29.8 Å². The number of aliphatic carboxylic acids is 1. The number of ether oxygens (including phenoxy) is 1. The SMILES string of the molecule is O=C(CC1(C(=O)O)CCC1)NCc1cccc(OCC(F)F)c1. The average Bonchev–Trinajstić information content (AvgIpc) is 2.47. The first kappa shape index (κ1) is 17.2. The topological polar surface area (TPSA) is 75.6 Å². The average molecular weight is 327 g/mol. The molecule has 2 rings (SSSR count). The zero-order chi connectivity index (χ0) is 16.9. The van der Waals surface area contributed by atoms with Crippen LogP contribution in [0, 0.1) is 5.41 Å². The molecule has 0 bridgehead atoms. The van der Waals surface area contributed by atoms with Crippen LogP contribution in [0.1, 0.15) is 31.2 Å². The van der Waals surface area contributed by atoms with E-state index in [0.29, 0.717) is 24.2 Å². The number of hydrogen-bond acceptors (Lipinski definition) is 3. The van der Waals surface area contributed by atoms with Crippen LogP contribution in [-0.2, 0) is 16.1 Å². The van der Waals surface area contributed by atoms with Gasteiger partial charge in [-0.05, 0) is 30.5 Å². The lowest BCUT2D eigenvalue weighted by Gasteiger charge is -2.36. The number of carbonyl (C=O) groups is 2. The summed E-state index contributed by atoms with van der Waals surface area (Å²) in [6.45, 7) is -0.489. The van der Waals surface area contributed by atoms with E-state index < -0.39 is 24.4 Å². The van der Waals surface area contributed by atoms with Gasteiger partial charge < -0.3 is 15.2 Å². The summed E-state index contributed by atoms with van der Waals surface area (Å²) in [5, 5.41) is 11.9. The molecule has 1 aliphatic carbocycles. The second kappa shape index (κ2) is 7.39. The minimum Gasteiger partial charge on any atom is -0.488 e. The van der Waals surface area contributed by atoms with E-state index in [2.05, 4.69) is 5.32 Å². The first-order valence-electron chi connectivity index (χ1n) is 7.41. The molecule has 1 aromatic rings. The minimum absolute atomic E-state index is 0.0378. The monoisotopic (exact) mass is 327 g/mol. The van der Waals surface area contributed by atoms with Crippen LogP contribution in [0.5, 0.6) is 5.75 Å². The summed E-state index contributed by atoms with van der Waals surface area (Å²) in [5.41, 5.74) is -0.227. The number of halogens is 2. The third-order valence-electron chi connectivity index (χ3n) is 4.03. The molecule has 2 N–H and O–H groups in total. The van der Waals surface area contributed by atoms with Crippen LogP contribution in [0.4, 0.5) is 8.78 Å². The molecule has 126 valence electrons. The van der Waals surface area contributed by atoms with Crippen LogP contribution in [0.15, 0.2) is 24.3 Å². The van der Waals surface area contributed by atoms with Gasteiger partial charge in [0.15, 0.2) is 0 Å². The van der Waals surface area contributed by atoms with E-state index in [4.69, 9.17) is 4.74 Å². The first-order chi connectivity index (χ1) is 10.9. The Kier molecular flexibility index (Phi) is 5.52. The lowest BCUT2D eigenvalue weighted by molar-refractivity contribution is -0.157. The van der Waals surface area contributed by atoms with Crippen LogP contribution in [0.3, 0.4) is 0 Å². The van der Waals surface area contributed by atoms with Gasteiger partial charge in [0, 0.05) is 13.0 Å². The molecule has 1 aliphatic rings. The first-order valence-corrected chi connectivity index (χ1v) is 7.41. The van der Waals surface area contributed by atoms with Gasteiger partial charge in [0.05, 0.1) is 5.41 Å². The third kappa shape index (κ3) is 4.64. The van der Waals surface area contributed by atoms with Gasteiger partial charge in [0.2, 0.25) is 5.91 Å². The molecule has 1 amide bonds. The molecular formula is C16H19F2NO4. The van der Waals surface area contributed by atoms with E-state index in [-0.39, 0.29) is 18.9 Å². The van der Waals surface area contributed by atoms with Crippen LogP contribution in [0.2, 0.25) is 0 Å². The maximum atomic E-state index is 12.1. The number of amides is 1. The Morgan fingerprint density at radius 3 is 2.65 bits per heavy atom. The van der Waals surface area contributed by atoms with Crippen LogP contribution in [0.25, 0.3) is 0 Å². The van der Waals surface area contributed by atoms with Crippen molar-refractivity contribution in [2.75, 3.05) is 6.61 Å². The molecule has 0 aliphatic heterocycles. The molecule has 0 saturated heterocycles. The van der Waals surface area contributed by atoms with Gasteiger partial charge in [0.25, 0.3) is 6.43 Å². The van der Waals surface area contributed by atoms with Crippen molar-refractivity contribution in [1.29, 1.82) is 0 Å². The third-order valence-corrected chi connectivity index (χ3v) is 4.03. The maximum absolute atomic E-state index is 12.1. The Hall–Kier alpha value is -2.18.